The summed E-state index contributed by atoms with van der Waals surface area (Å²) < 4.78 is 0. The third-order valence-corrected chi connectivity index (χ3v) is 2.69. The molecule has 0 saturated heterocycles. The van der Waals surface area contributed by atoms with Crippen LogP contribution in [0.25, 0.3) is 0 Å². The van der Waals surface area contributed by atoms with Crippen LogP contribution >= 0.6 is 0 Å². The van der Waals surface area contributed by atoms with E-state index in [9.17, 15) is 9.59 Å². The molecule has 0 N–H and O–H groups in total. The molecule has 6 nitrogen and oxygen atoms in total. The molecule has 0 saturated carbocycles. The minimum absolute atomic E-state index is 0.182. The van der Waals surface area contributed by atoms with E-state index in [1.54, 1.807) is 24.3 Å². The molecule has 0 amide bonds. The molecule has 0 aromatic heterocycles. The van der Waals surface area contributed by atoms with Crippen molar-refractivity contribution in [1.29, 1.82) is 0 Å². The van der Waals surface area contributed by atoms with Gasteiger partial charge < -0.3 is 9.68 Å². The number of benzene rings is 1. The fourth-order valence-electron chi connectivity index (χ4n) is 1.78. The molecular weight excluding hydrogens is 236 g/mol. The Balaban J connectivity index is 1.81. The predicted molar refractivity (Wildman–Crippen MR) is 60.9 cm³/mol. The zero-order valence-electron chi connectivity index (χ0n) is 9.25. The maximum absolute atomic E-state index is 10.9. The van der Waals surface area contributed by atoms with Crippen molar-refractivity contribution in [3.63, 3.8) is 0 Å². The van der Waals surface area contributed by atoms with E-state index in [0.717, 1.165) is 11.1 Å². The molecule has 0 fully saturated rings. The van der Waals surface area contributed by atoms with Gasteiger partial charge in [0.25, 0.3) is 0 Å². The number of rotatable bonds is 2. The van der Waals surface area contributed by atoms with Gasteiger partial charge in [0.2, 0.25) is 0 Å². The van der Waals surface area contributed by atoms with Gasteiger partial charge in [-0.2, -0.15) is 0 Å². The third kappa shape index (κ3) is 1.88. The first kappa shape index (κ1) is 10.6. The van der Waals surface area contributed by atoms with Crippen molar-refractivity contribution in [2.24, 2.45) is 10.3 Å². The van der Waals surface area contributed by atoms with Crippen LogP contribution in [0.15, 0.2) is 34.6 Å². The topological polar surface area (TPSA) is 77.3 Å². The lowest BCUT2D eigenvalue weighted by Gasteiger charge is -2.00. The standard InChI is InChI=1S/C12H8N2O4/c15-11-5-9(13-17-11)7-1-2-8(4-3-7)10-6-12(16)18-14-10/h1-4H,5-6H2. The summed E-state index contributed by atoms with van der Waals surface area (Å²) in [6.45, 7) is 0. The average Bonchev–Trinajstić information content (AvgIpc) is 2.98. The molecule has 6 heteroatoms. The lowest BCUT2D eigenvalue weighted by Crippen LogP contribution is -2.03. The highest BCUT2D eigenvalue weighted by Crippen LogP contribution is 2.16. The van der Waals surface area contributed by atoms with Crippen LogP contribution in [0.5, 0.6) is 0 Å². The second-order valence-corrected chi connectivity index (χ2v) is 3.93. The summed E-state index contributed by atoms with van der Waals surface area (Å²) in [6, 6.07) is 7.23. The summed E-state index contributed by atoms with van der Waals surface area (Å²) in [5.74, 6) is -0.707. The molecule has 0 atom stereocenters. The maximum atomic E-state index is 10.9. The Morgan fingerprint density at radius 3 is 1.44 bits per heavy atom. The molecule has 1 aromatic rings. The van der Waals surface area contributed by atoms with E-state index in [-0.39, 0.29) is 24.8 Å². The van der Waals surface area contributed by atoms with Crippen molar-refractivity contribution in [3.05, 3.63) is 35.4 Å². The number of carbonyl (C=O) groups is 2. The van der Waals surface area contributed by atoms with Crippen LogP contribution < -0.4 is 0 Å². The fraction of sp³-hybridized carbons (Fsp3) is 0.167. The average molecular weight is 244 g/mol. The number of nitrogens with zero attached hydrogens (tertiary/aromatic N) is 2. The van der Waals surface area contributed by atoms with Gasteiger partial charge in [-0.15, -0.1) is 0 Å². The minimum atomic E-state index is -0.353. The highest BCUT2D eigenvalue weighted by Gasteiger charge is 2.21. The molecule has 0 radical (unpaired) electrons. The SMILES string of the molecule is O=C1CC(c2ccc(C3=NOC(=O)C3)cc2)=NO1. The maximum Gasteiger partial charge on any atom is 0.341 e. The van der Waals surface area contributed by atoms with E-state index in [4.69, 9.17) is 0 Å². The molecule has 18 heavy (non-hydrogen) atoms. The molecular formula is C12H8N2O4. The molecule has 0 bridgehead atoms. The van der Waals surface area contributed by atoms with Gasteiger partial charge in [-0.1, -0.05) is 34.6 Å². The second-order valence-electron chi connectivity index (χ2n) is 3.93. The van der Waals surface area contributed by atoms with E-state index in [1.165, 1.54) is 0 Å². The predicted octanol–water partition coefficient (Wildman–Crippen LogP) is 0.989. The largest absolute Gasteiger partial charge is 0.341 e. The van der Waals surface area contributed by atoms with Crippen LogP contribution in [-0.4, -0.2) is 23.4 Å². The first-order valence-electron chi connectivity index (χ1n) is 5.36. The van der Waals surface area contributed by atoms with E-state index >= 15 is 0 Å². The monoisotopic (exact) mass is 244 g/mol. The van der Waals surface area contributed by atoms with Crippen LogP contribution in [0.3, 0.4) is 0 Å². The third-order valence-electron chi connectivity index (χ3n) is 2.69. The fourth-order valence-corrected chi connectivity index (χ4v) is 1.78. The molecule has 2 heterocycles. The van der Waals surface area contributed by atoms with Gasteiger partial charge in [0.1, 0.15) is 0 Å². The molecule has 1 aromatic carbocycles. The van der Waals surface area contributed by atoms with E-state index in [0.29, 0.717) is 11.4 Å². The van der Waals surface area contributed by atoms with Crippen LogP contribution in [0.1, 0.15) is 24.0 Å². The van der Waals surface area contributed by atoms with Gasteiger partial charge in [-0.3, -0.25) is 0 Å². The van der Waals surface area contributed by atoms with Crippen LogP contribution in [0.2, 0.25) is 0 Å². The van der Waals surface area contributed by atoms with Crippen LogP contribution in [0.4, 0.5) is 0 Å². The van der Waals surface area contributed by atoms with Crippen molar-refractivity contribution in [3.8, 4) is 0 Å². The zero-order chi connectivity index (χ0) is 12.5. The Hall–Kier alpha value is -2.50. The lowest BCUT2D eigenvalue weighted by atomic mass is 10.0. The zero-order valence-corrected chi connectivity index (χ0v) is 9.25. The first-order valence-corrected chi connectivity index (χ1v) is 5.36. The molecule has 2 aliphatic heterocycles. The summed E-state index contributed by atoms with van der Waals surface area (Å²) in [5.41, 5.74) is 2.84. The number of carbonyl (C=O) groups excluding carboxylic acids is 2. The molecule has 90 valence electrons. The number of hydrogen-bond acceptors (Lipinski definition) is 6. The van der Waals surface area contributed by atoms with Crippen molar-refractivity contribution in [2.45, 2.75) is 12.8 Å². The van der Waals surface area contributed by atoms with Gasteiger partial charge >= 0.3 is 11.9 Å². The second kappa shape index (κ2) is 4.06. The molecule has 0 spiro atoms. The van der Waals surface area contributed by atoms with Crippen molar-refractivity contribution < 1.29 is 19.3 Å². The van der Waals surface area contributed by atoms with E-state index in [1.807, 2.05) is 0 Å². The Kier molecular flexibility index (Phi) is 2.40. The number of hydrogen-bond donors (Lipinski definition) is 0. The smallest absolute Gasteiger partial charge is 0.318 e. The summed E-state index contributed by atoms with van der Waals surface area (Å²) in [5, 5.41) is 7.37. The number of oxime groups is 2. The van der Waals surface area contributed by atoms with Gasteiger partial charge in [0.15, 0.2) is 0 Å². The van der Waals surface area contributed by atoms with Gasteiger partial charge in [-0.05, 0) is 11.1 Å². The van der Waals surface area contributed by atoms with Crippen LogP contribution in [-0.2, 0) is 19.3 Å². The Bertz CT molecular complexity index is 534. The normalized spacial score (nSPS) is 18.2. The summed E-state index contributed by atoms with van der Waals surface area (Å²) in [4.78, 5) is 30.9. The molecule has 2 aliphatic rings. The van der Waals surface area contributed by atoms with Gasteiger partial charge in [-0.25, -0.2) is 9.59 Å². The quantitative estimate of drug-likeness (QED) is 0.727. The van der Waals surface area contributed by atoms with E-state index in [2.05, 4.69) is 20.0 Å². The van der Waals surface area contributed by atoms with Crippen molar-refractivity contribution >= 4 is 23.4 Å². The highest BCUT2D eigenvalue weighted by molar-refractivity contribution is 6.13. The van der Waals surface area contributed by atoms with Crippen molar-refractivity contribution in [1.82, 2.24) is 0 Å². The summed E-state index contributed by atoms with van der Waals surface area (Å²) in [7, 11) is 0. The van der Waals surface area contributed by atoms with Gasteiger partial charge in [0, 0.05) is 0 Å². The molecule has 0 unspecified atom stereocenters. The lowest BCUT2D eigenvalue weighted by molar-refractivity contribution is -0.140. The molecule has 3 rings (SSSR count). The van der Waals surface area contributed by atoms with Crippen molar-refractivity contribution in [2.75, 3.05) is 0 Å². The highest BCUT2D eigenvalue weighted by atomic mass is 16.7. The Morgan fingerprint density at radius 2 is 1.17 bits per heavy atom. The molecule has 0 aliphatic carbocycles. The van der Waals surface area contributed by atoms with Gasteiger partial charge in [0.05, 0.1) is 24.3 Å². The summed E-state index contributed by atoms with van der Waals surface area (Å²) >= 11 is 0. The minimum Gasteiger partial charge on any atom is -0.318 e. The summed E-state index contributed by atoms with van der Waals surface area (Å²) in [6.07, 6.45) is 0.365. The first-order chi connectivity index (χ1) is 8.72. The van der Waals surface area contributed by atoms with Crippen LogP contribution in [0, 0.1) is 0 Å². The Labute approximate surface area is 102 Å². The van der Waals surface area contributed by atoms with E-state index < -0.39 is 0 Å². The Morgan fingerprint density at radius 1 is 0.778 bits per heavy atom.